The normalized spacial score (nSPS) is 11.5. The van der Waals surface area contributed by atoms with E-state index in [1.807, 2.05) is 36.4 Å². The molecule has 0 aromatic heterocycles. The lowest BCUT2D eigenvalue weighted by molar-refractivity contribution is 0.0937. The van der Waals surface area contributed by atoms with Gasteiger partial charge in [0.15, 0.2) is 0 Å². The van der Waals surface area contributed by atoms with Crippen molar-refractivity contribution in [2.75, 3.05) is 26.9 Å². The lowest BCUT2D eigenvalue weighted by Gasteiger charge is -2.18. The average Bonchev–Trinajstić information content (AvgIpc) is 2.75. The molecule has 1 amide bonds. The van der Waals surface area contributed by atoms with Crippen molar-refractivity contribution in [3.8, 4) is 5.75 Å². The van der Waals surface area contributed by atoms with E-state index in [1.54, 1.807) is 19.2 Å². The largest absolute Gasteiger partial charge is 0.493 e. The molecule has 0 fully saturated rings. The second-order valence-corrected chi connectivity index (χ2v) is 6.59. The summed E-state index contributed by atoms with van der Waals surface area (Å²) in [5.74, 6) is 0.490. The van der Waals surface area contributed by atoms with Gasteiger partial charge in [-0.25, -0.2) is 0 Å². The van der Waals surface area contributed by atoms with Crippen LogP contribution in [0.1, 0.15) is 28.4 Å². The molecule has 0 saturated carbocycles. The van der Waals surface area contributed by atoms with Crippen molar-refractivity contribution in [1.82, 2.24) is 5.32 Å². The van der Waals surface area contributed by atoms with Crippen LogP contribution >= 0.6 is 12.4 Å². The molecule has 29 heavy (non-hydrogen) atoms. The maximum atomic E-state index is 12.7. The summed E-state index contributed by atoms with van der Waals surface area (Å²) < 4.78 is 10.7. The number of fused-ring (bicyclic) bond motifs is 1. The highest BCUT2D eigenvalue weighted by molar-refractivity contribution is 5.95. The van der Waals surface area contributed by atoms with E-state index in [-0.39, 0.29) is 24.4 Å². The third kappa shape index (κ3) is 6.19. The van der Waals surface area contributed by atoms with E-state index >= 15 is 0 Å². The number of methoxy groups -OCH3 is 1. The minimum Gasteiger partial charge on any atom is -0.493 e. The molecule has 6 heteroatoms. The van der Waals surface area contributed by atoms with Gasteiger partial charge in [-0.1, -0.05) is 42.5 Å². The number of carbonyl (C=O) groups is 1. The Kier molecular flexibility index (Phi) is 8.93. The predicted molar refractivity (Wildman–Crippen MR) is 119 cm³/mol. The summed E-state index contributed by atoms with van der Waals surface area (Å²) in [6.07, 6.45) is 0.796. The van der Waals surface area contributed by atoms with Gasteiger partial charge in [-0.15, -0.1) is 12.4 Å². The predicted octanol–water partition coefficient (Wildman–Crippen LogP) is 4.11. The highest BCUT2D eigenvalue weighted by Crippen LogP contribution is 2.21. The van der Waals surface area contributed by atoms with Crippen molar-refractivity contribution in [3.63, 3.8) is 0 Å². The molecule has 0 heterocycles. The van der Waals surface area contributed by atoms with Crippen LogP contribution in [0.5, 0.6) is 5.75 Å². The Hall–Kier alpha value is -2.60. The number of benzene rings is 3. The van der Waals surface area contributed by atoms with Gasteiger partial charge in [0.1, 0.15) is 5.75 Å². The Morgan fingerprint density at radius 1 is 1.00 bits per heavy atom. The minimum absolute atomic E-state index is 0. The number of amides is 1. The van der Waals surface area contributed by atoms with Gasteiger partial charge < -0.3 is 20.5 Å². The quantitative estimate of drug-likeness (QED) is 0.517. The molecule has 0 aliphatic heterocycles. The number of rotatable bonds is 9. The standard InChI is InChI=1S/C23H26N2O3.ClH/c1-27-12-5-13-28-21-9-4-8-20(15-21)23(26)25-22(16-24)19-11-10-17-6-2-3-7-18(17)14-19;/h2-4,6-11,14-15,22H,5,12-13,16,24H2,1H3,(H,25,26);1H. The summed E-state index contributed by atoms with van der Waals surface area (Å²) >= 11 is 0. The Morgan fingerprint density at radius 2 is 1.79 bits per heavy atom. The Morgan fingerprint density at radius 3 is 2.55 bits per heavy atom. The molecule has 0 saturated heterocycles. The van der Waals surface area contributed by atoms with Crippen LogP contribution in [0.2, 0.25) is 0 Å². The monoisotopic (exact) mass is 414 g/mol. The maximum absolute atomic E-state index is 12.7. The molecule has 0 spiro atoms. The number of hydrogen-bond donors (Lipinski definition) is 2. The van der Waals surface area contributed by atoms with Gasteiger partial charge >= 0.3 is 0 Å². The van der Waals surface area contributed by atoms with Crippen LogP contribution in [-0.4, -0.2) is 32.8 Å². The van der Waals surface area contributed by atoms with Crippen molar-refractivity contribution < 1.29 is 14.3 Å². The zero-order valence-electron chi connectivity index (χ0n) is 16.5. The number of hydrogen-bond acceptors (Lipinski definition) is 4. The summed E-state index contributed by atoms with van der Waals surface area (Å²) in [7, 11) is 1.66. The molecule has 0 bridgehead atoms. The second-order valence-electron chi connectivity index (χ2n) is 6.59. The first-order valence-corrected chi connectivity index (χ1v) is 9.42. The summed E-state index contributed by atoms with van der Waals surface area (Å²) in [6, 6.07) is 21.2. The summed E-state index contributed by atoms with van der Waals surface area (Å²) in [5.41, 5.74) is 7.48. The van der Waals surface area contributed by atoms with E-state index in [1.165, 1.54) is 0 Å². The zero-order chi connectivity index (χ0) is 19.8. The fourth-order valence-corrected chi connectivity index (χ4v) is 3.06. The SMILES string of the molecule is COCCCOc1cccc(C(=O)NC(CN)c2ccc3ccccc3c2)c1.Cl. The van der Waals surface area contributed by atoms with E-state index in [2.05, 4.69) is 23.5 Å². The van der Waals surface area contributed by atoms with Crippen molar-refractivity contribution in [1.29, 1.82) is 0 Å². The highest BCUT2D eigenvalue weighted by Gasteiger charge is 2.15. The van der Waals surface area contributed by atoms with Crippen LogP contribution in [0.4, 0.5) is 0 Å². The number of nitrogens with one attached hydrogen (secondary N) is 1. The summed E-state index contributed by atoms with van der Waals surface area (Å²) in [5, 5.41) is 5.31. The van der Waals surface area contributed by atoms with Crippen LogP contribution < -0.4 is 15.8 Å². The topological polar surface area (TPSA) is 73.6 Å². The molecule has 0 aliphatic rings. The first-order valence-electron chi connectivity index (χ1n) is 9.42. The van der Waals surface area contributed by atoms with Gasteiger partial charge in [-0.2, -0.15) is 0 Å². The van der Waals surface area contributed by atoms with Crippen LogP contribution in [0, 0.1) is 0 Å². The van der Waals surface area contributed by atoms with E-state index < -0.39 is 0 Å². The average molecular weight is 415 g/mol. The molecule has 1 unspecified atom stereocenters. The molecule has 3 aromatic rings. The molecule has 3 rings (SSSR count). The Labute approximate surface area is 177 Å². The van der Waals surface area contributed by atoms with Gasteiger partial charge in [-0.05, 0) is 40.6 Å². The molecular weight excluding hydrogens is 388 g/mol. The first-order chi connectivity index (χ1) is 13.7. The fraction of sp³-hybridized carbons (Fsp3) is 0.261. The van der Waals surface area contributed by atoms with Crippen LogP contribution in [-0.2, 0) is 4.74 Å². The van der Waals surface area contributed by atoms with Crippen LogP contribution in [0.3, 0.4) is 0 Å². The minimum atomic E-state index is -0.261. The Balaban J connectivity index is 0.00000300. The van der Waals surface area contributed by atoms with Gasteiger partial charge in [0.25, 0.3) is 5.91 Å². The van der Waals surface area contributed by atoms with Gasteiger partial charge in [0.2, 0.25) is 0 Å². The third-order valence-electron chi connectivity index (χ3n) is 4.57. The molecule has 3 aromatic carbocycles. The number of ether oxygens (including phenoxy) is 2. The van der Waals surface area contributed by atoms with Gasteiger partial charge in [-0.3, -0.25) is 4.79 Å². The van der Waals surface area contributed by atoms with Crippen molar-refractivity contribution in [2.45, 2.75) is 12.5 Å². The third-order valence-corrected chi connectivity index (χ3v) is 4.57. The lowest BCUT2D eigenvalue weighted by atomic mass is 10.0. The molecular formula is C23H27ClN2O3. The Bertz CT molecular complexity index is 933. The first kappa shape index (κ1) is 22.7. The van der Waals surface area contributed by atoms with E-state index in [0.29, 0.717) is 31.1 Å². The van der Waals surface area contributed by atoms with Gasteiger partial charge in [0, 0.05) is 32.2 Å². The van der Waals surface area contributed by atoms with E-state index in [4.69, 9.17) is 15.2 Å². The summed E-state index contributed by atoms with van der Waals surface area (Å²) in [6.45, 7) is 1.50. The smallest absolute Gasteiger partial charge is 0.251 e. The molecule has 3 N–H and O–H groups in total. The maximum Gasteiger partial charge on any atom is 0.251 e. The summed E-state index contributed by atoms with van der Waals surface area (Å²) in [4.78, 5) is 12.7. The van der Waals surface area contributed by atoms with Crippen molar-refractivity contribution in [3.05, 3.63) is 77.9 Å². The van der Waals surface area contributed by atoms with E-state index in [0.717, 1.165) is 22.8 Å². The van der Waals surface area contributed by atoms with Crippen LogP contribution in [0.25, 0.3) is 10.8 Å². The highest BCUT2D eigenvalue weighted by atomic mass is 35.5. The lowest BCUT2D eigenvalue weighted by Crippen LogP contribution is -2.33. The van der Waals surface area contributed by atoms with Crippen molar-refractivity contribution in [2.24, 2.45) is 5.73 Å². The molecule has 5 nitrogen and oxygen atoms in total. The van der Waals surface area contributed by atoms with Crippen LogP contribution in [0.15, 0.2) is 66.7 Å². The van der Waals surface area contributed by atoms with Crippen molar-refractivity contribution >= 4 is 29.1 Å². The number of nitrogens with two attached hydrogens (primary N) is 1. The second kappa shape index (κ2) is 11.4. The molecule has 1 atom stereocenters. The van der Waals surface area contributed by atoms with E-state index in [9.17, 15) is 4.79 Å². The zero-order valence-corrected chi connectivity index (χ0v) is 17.3. The van der Waals surface area contributed by atoms with Gasteiger partial charge in [0.05, 0.1) is 12.6 Å². The molecule has 0 radical (unpaired) electrons. The fourth-order valence-electron chi connectivity index (χ4n) is 3.06. The number of carbonyl (C=O) groups excluding carboxylic acids is 1. The molecule has 154 valence electrons. The molecule has 0 aliphatic carbocycles. The number of halogens is 1.